The molecule has 0 radical (unpaired) electrons. The monoisotopic (exact) mass is 433 g/mol. The zero-order valence-electron chi connectivity index (χ0n) is 18.1. The third-order valence-electron chi connectivity index (χ3n) is 6.13. The minimum Gasteiger partial charge on any atom is -0.303 e. The summed E-state index contributed by atoms with van der Waals surface area (Å²) in [4.78, 5) is 35.8. The molecule has 2 aromatic carbocycles. The largest absolute Gasteiger partial charge is 0.331 e. The van der Waals surface area contributed by atoms with Crippen molar-refractivity contribution in [3.8, 4) is 22.5 Å². The van der Waals surface area contributed by atoms with E-state index in [1.54, 1.807) is 19.4 Å². The van der Waals surface area contributed by atoms with Gasteiger partial charge in [0.2, 0.25) is 0 Å². The van der Waals surface area contributed by atoms with E-state index in [9.17, 15) is 9.59 Å². The van der Waals surface area contributed by atoms with Gasteiger partial charge in [0.15, 0.2) is 0 Å². The molecule has 6 rings (SSSR count). The standard InChI is InChI=1S/C26H19N5O2/c1-29-23-20(25(32)30(2)26(29)33)22(16-9-4-3-5-10-16)31-19-13-7-6-12-18(19)28-21(24(23)31)17-11-8-14-27-15-17/h3-15H,1-2H3. The van der Waals surface area contributed by atoms with Crippen molar-refractivity contribution in [2.75, 3.05) is 0 Å². The Bertz CT molecular complexity index is 1810. The Labute approximate surface area is 187 Å². The zero-order valence-corrected chi connectivity index (χ0v) is 18.1. The molecule has 0 amide bonds. The molecule has 0 spiro atoms. The van der Waals surface area contributed by atoms with Crippen molar-refractivity contribution in [2.24, 2.45) is 14.1 Å². The van der Waals surface area contributed by atoms with E-state index in [4.69, 9.17) is 4.98 Å². The van der Waals surface area contributed by atoms with Gasteiger partial charge in [0, 0.05) is 32.1 Å². The molecule has 33 heavy (non-hydrogen) atoms. The third-order valence-corrected chi connectivity index (χ3v) is 6.13. The first-order valence-corrected chi connectivity index (χ1v) is 10.6. The van der Waals surface area contributed by atoms with Crippen molar-refractivity contribution >= 4 is 27.5 Å². The maximum Gasteiger partial charge on any atom is 0.331 e. The number of nitrogens with zero attached hydrogens (tertiary/aromatic N) is 5. The van der Waals surface area contributed by atoms with Crippen molar-refractivity contribution < 1.29 is 0 Å². The van der Waals surface area contributed by atoms with Crippen LogP contribution in [0.5, 0.6) is 0 Å². The molecule has 0 fully saturated rings. The van der Waals surface area contributed by atoms with Crippen LogP contribution in [0.15, 0.2) is 88.7 Å². The average Bonchev–Trinajstić information content (AvgIpc) is 3.23. The first-order chi connectivity index (χ1) is 16.1. The first kappa shape index (κ1) is 19.2. The van der Waals surface area contributed by atoms with E-state index in [0.29, 0.717) is 22.1 Å². The van der Waals surface area contributed by atoms with E-state index >= 15 is 0 Å². The Morgan fingerprint density at radius 3 is 2.24 bits per heavy atom. The molecule has 0 aliphatic carbocycles. The molecule has 0 bridgehead atoms. The molecule has 0 unspecified atom stereocenters. The van der Waals surface area contributed by atoms with Gasteiger partial charge in [-0.15, -0.1) is 0 Å². The van der Waals surface area contributed by atoms with Crippen LogP contribution in [0.3, 0.4) is 0 Å². The van der Waals surface area contributed by atoms with Crippen LogP contribution in [0.1, 0.15) is 0 Å². The fraction of sp³-hybridized carbons (Fsp3) is 0.0769. The highest BCUT2D eigenvalue weighted by molar-refractivity contribution is 6.11. The summed E-state index contributed by atoms with van der Waals surface area (Å²) in [5, 5.41) is 0.481. The van der Waals surface area contributed by atoms with Gasteiger partial charge in [0.1, 0.15) is 0 Å². The number of benzene rings is 2. The van der Waals surface area contributed by atoms with Crippen molar-refractivity contribution in [3.63, 3.8) is 0 Å². The van der Waals surface area contributed by atoms with Crippen LogP contribution < -0.4 is 11.2 Å². The summed E-state index contributed by atoms with van der Waals surface area (Å²) >= 11 is 0. The molecule has 0 atom stereocenters. The number of rotatable bonds is 2. The summed E-state index contributed by atoms with van der Waals surface area (Å²) in [7, 11) is 3.21. The van der Waals surface area contributed by atoms with Crippen molar-refractivity contribution in [1.29, 1.82) is 0 Å². The predicted octanol–water partition coefficient (Wildman–Crippen LogP) is 3.77. The lowest BCUT2D eigenvalue weighted by atomic mass is 10.1. The first-order valence-electron chi connectivity index (χ1n) is 10.6. The molecule has 0 saturated heterocycles. The van der Waals surface area contributed by atoms with E-state index < -0.39 is 0 Å². The van der Waals surface area contributed by atoms with Gasteiger partial charge in [0.05, 0.1) is 38.8 Å². The molecule has 0 saturated carbocycles. The second-order valence-electron chi connectivity index (χ2n) is 8.02. The highest BCUT2D eigenvalue weighted by Gasteiger charge is 2.25. The van der Waals surface area contributed by atoms with Crippen LogP contribution >= 0.6 is 0 Å². The molecular weight excluding hydrogens is 414 g/mol. The van der Waals surface area contributed by atoms with E-state index in [1.165, 1.54) is 11.6 Å². The van der Waals surface area contributed by atoms with Crippen LogP contribution in [-0.2, 0) is 14.1 Å². The van der Waals surface area contributed by atoms with E-state index in [2.05, 4.69) is 9.38 Å². The number of fused-ring (bicyclic) bond motifs is 5. The van der Waals surface area contributed by atoms with E-state index in [0.717, 1.165) is 32.4 Å². The number of pyridine rings is 1. The molecule has 7 heteroatoms. The van der Waals surface area contributed by atoms with Crippen LogP contribution in [0.2, 0.25) is 0 Å². The summed E-state index contributed by atoms with van der Waals surface area (Å²) in [6.07, 6.45) is 3.45. The normalized spacial score (nSPS) is 11.6. The number of aryl methyl sites for hydroxylation is 1. The smallest absolute Gasteiger partial charge is 0.303 e. The molecular formula is C26H19N5O2. The maximum atomic E-state index is 13.6. The minimum absolute atomic E-state index is 0.336. The van der Waals surface area contributed by atoms with Crippen molar-refractivity contribution in [2.45, 2.75) is 0 Å². The van der Waals surface area contributed by atoms with E-state index in [1.807, 2.05) is 66.7 Å². The lowest BCUT2D eigenvalue weighted by molar-refractivity contribution is 0.716. The van der Waals surface area contributed by atoms with Crippen LogP contribution in [0.4, 0.5) is 0 Å². The van der Waals surface area contributed by atoms with Crippen molar-refractivity contribution in [3.05, 3.63) is 100.0 Å². The van der Waals surface area contributed by atoms with Gasteiger partial charge in [-0.2, -0.15) is 0 Å². The predicted molar refractivity (Wildman–Crippen MR) is 129 cm³/mol. The number of para-hydroxylation sites is 2. The maximum absolute atomic E-state index is 13.6. The molecule has 6 aromatic rings. The summed E-state index contributed by atoms with van der Waals surface area (Å²) in [6, 6.07) is 21.4. The molecule has 4 heterocycles. The van der Waals surface area contributed by atoms with Gasteiger partial charge >= 0.3 is 5.69 Å². The Kier molecular flexibility index (Phi) is 4.07. The second-order valence-corrected chi connectivity index (χ2v) is 8.02. The lowest BCUT2D eigenvalue weighted by Crippen LogP contribution is -2.36. The van der Waals surface area contributed by atoms with Crippen LogP contribution in [0, 0.1) is 0 Å². The summed E-state index contributed by atoms with van der Waals surface area (Å²) in [6.45, 7) is 0. The van der Waals surface area contributed by atoms with E-state index in [-0.39, 0.29) is 11.2 Å². The summed E-state index contributed by atoms with van der Waals surface area (Å²) in [5.74, 6) is 0. The second kappa shape index (κ2) is 7.00. The highest BCUT2D eigenvalue weighted by Crippen LogP contribution is 2.38. The van der Waals surface area contributed by atoms with Gasteiger partial charge in [-0.1, -0.05) is 42.5 Å². The van der Waals surface area contributed by atoms with Crippen molar-refractivity contribution in [1.82, 2.24) is 23.5 Å². The lowest BCUT2D eigenvalue weighted by Gasteiger charge is -2.11. The average molecular weight is 433 g/mol. The van der Waals surface area contributed by atoms with Gasteiger partial charge < -0.3 is 4.40 Å². The summed E-state index contributed by atoms with van der Waals surface area (Å²) in [5.41, 5.74) is 5.26. The van der Waals surface area contributed by atoms with Gasteiger partial charge in [-0.3, -0.25) is 18.9 Å². The Hall–Kier alpha value is -4.52. The number of hydrogen-bond acceptors (Lipinski definition) is 4. The SMILES string of the molecule is Cn1c(=O)c2c(-c3ccccc3)n3c4ccccc4nc(-c4cccnc4)c3c2n(C)c1=O. The zero-order chi connectivity index (χ0) is 22.7. The molecule has 4 aromatic heterocycles. The Balaban J connectivity index is 2.03. The molecule has 160 valence electrons. The highest BCUT2D eigenvalue weighted by atomic mass is 16.2. The van der Waals surface area contributed by atoms with Crippen LogP contribution in [-0.4, -0.2) is 23.5 Å². The third kappa shape index (κ3) is 2.62. The molecule has 0 aliphatic rings. The topological polar surface area (TPSA) is 74.2 Å². The minimum atomic E-state index is -0.384. The molecule has 7 nitrogen and oxygen atoms in total. The van der Waals surface area contributed by atoms with Gasteiger partial charge in [-0.05, 0) is 29.8 Å². The molecule has 0 aliphatic heterocycles. The van der Waals surface area contributed by atoms with Crippen LogP contribution in [0.25, 0.3) is 50.0 Å². The van der Waals surface area contributed by atoms with Gasteiger partial charge in [-0.25, -0.2) is 9.78 Å². The number of aromatic nitrogens is 5. The fourth-order valence-electron chi connectivity index (χ4n) is 4.62. The quantitative estimate of drug-likeness (QED) is 0.417. The van der Waals surface area contributed by atoms with Gasteiger partial charge in [0.25, 0.3) is 5.56 Å². The Morgan fingerprint density at radius 1 is 0.758 bits per heavy atom. The number of hydrogen-bond donors (Lipinski definition) is 0. The Morgan fingerprint density at radius 2 is 1.48 bits per heavy atom. The molecule has 0 N–H and O–H groups in total. The fourth-order valence-corrected chi connectivity index (χ4v) is 4.62. The summed E-state index contributed by atoms with van der Waals surface area (Å²) < 4.78 is 4.76.